The molecular formula is C19H23OS+. The molecule has 0 aromatic heterocycles. The molecule has 0 amide bonds. The maximum absolute atomic E-state index is 6.31. The molecule has 2 aromatic rings. The van der Waals surface area contributed by atoms with Gasteiger partial charge in [0.2, 0.25) is 0 Å². The summed E-state index contributed by atoms with van der Waals surface area (Å²) in [6.45, 7) is 0. The van der Waals surface area contributed by atoms with Crippen LogP contribution < -0.4 is 4.74 Å². The summed E-state index contributed by atoms with van der Waals surface area (Å²) < 4.78 is 6.31. The van der Waals surface area contributed by atoms with Crippen molar-refractivity contribution in [1.29, 1.82) is 0 Å². The molecule has 1 heterocycles. The first-order valence-corrected chi connectivity index (χ1v) is 9.84. The first-order chi connectivity index (χ1) is 10.4. The second-order valence-electron chi connectivity index (χ2n) is 6.24. The largest absolute Gasteiger partial charge is 0.490 e. The molecule has 110 valence electrons. The van der Waals surface area contributed by atoms with Crippen molar-refractivity contribution in [2.45, 2.75) is 49.5 Å². The molecule has 0 radical (unpaired) electrons. The molecular weight excluding hydrogens is 276 g/mol. The summed E-state index contributed by atoms with van der Waals surface area (Å²) in [5.74, 6) is 3.86. The predicted molar refractivity (Wildman–Crippen MR) is 91.4 cm³/mol. The van der Waals surface area contributed by atoms with Gasteiger partial charge in [0.05, 0.1) is 6.10 Å². The second kappa shape index (κ2) is 5.92. The van der Waals surface area contributed by atoms with Crippen LogP contribution in [0.3, 0.4) is 0 Å². The lowest BCUT2D eigenvalue weighted by Crippen LogP contribution is -2.11. The predicted octanol–water partition coefficient (Wildman–Crippen LogP) is 4.93. The Kier molecular flexibility index (Phi) is 3.81. The van der Waals surface area contributed by atoms with Gasteiger partial charge >= 0.3 is 0 Å². The smallest absolute Gasteiger partial charge is 0.162 e. The second-order valence-corrected chi connectivity index (χ2v) is 8.48. The van der Waals surface area contributed by atoms with Crippen LogP contribution in [0.4, 0.5) is 0 Å². The number of hydrogen-bond acceptors (Lipinski definition) is 1. The van der Waals surface area contributed by atoms with Gasteiger partial charge in [-0.05, 0) is 56.7 Å². The highest BCUT2D eigenvalue weighted by atomic mass is 32.2. The van der Waals surface area contributed by atoms with E-state index >= 15 is 0 Å². The van der Waals surface area contributed by atoms with Gasteiger partial charge in [-0.3, -0.25) is 0 Å². The van der Waals surface area contributed by atoms with Gasteiger partial charge in [0.15, 0.2) is 4.90 Å². The van der Waals surface area contributed by atoms with Crippen LogP contribution in [0.2, 0.25) is 0 Å². The van der Waals surface area contributed by atoms with Crippen molar-refractivity contribution < 1.29 is 4.74 Å². The number of benzene rings is 2. The summed E-state index contributed by atoms with van der Waals surface area (Å²) in [6, 6.07) is 13.4. The third kappa shape index (κ3) is 2.66. The van der Waals surface area contributed by atoms with Crippen molar-refractivity contribution in [3.05, 3.63) is 36.4 Å². The van der Waals surface area contributed by atoms with Crippen LogP contribution >= 0.6 is 0 Å². The summed E-state index contributed by atoms with van der Waals surface area (Å²) >= 11 is 0. The van der Waals surface area contributed by atoms with E-state index in [9.17, 15) is 0 Å². The molecule has 2 heteroatoms. The first-order valence-electron chi connectivity index (χ1n) is 8.28. The van der Waals surface area contributed by atoms with Crippen LogP contribution in [-0.2, 0) is 10.9 Å². The Morgan fingerprint density at radius 1 is 0.810 bits per heavy atom. The van der Waals surface area contributed by atoms with E-state index in [1.807, 2.05) is 0 Å². The zero-order chi connectivity index (χ0) is 14.1. The quantitative estimate of drug-likeness (QED) is 0.730. The van der Waals surface area contributed by atoms with Crippen LogP contribution in [0.5, 0.6) is 5.75 Å². The van der Waals surface area contributed by atoms with Crippen molar-refractivity contribution in [2.24, 2.45) is 0 Å². The van der Waals surface area contributed by atoms with E-state index in [4.69, 9.17) is 4.74 Å². The highest BCUT2D eigenvalue weighted by molar-refractivity contribution is 7.97. The van der Waals surface area contributed by atoms with E-state index in [-0.39, 0.29) is 0 Å². The van der Waals surface area contributed by atoms with Gasteiger partial charge in [-0.2, -0.15) is 0 Å². The zero-order valence-corrected chi connectivity index (χ0v) is 13.3. The molecule has 2 fully saturated rings. The highest BCUT2D eigenvalue weighted by Crippen LogP contribution is 2.36. The Bertz CT molecular complexity index is 624. The van der Waals surface area contributed by atoms with Crippen LogP contribution in [0, 0.1) is 0 Å². The topological polar surface area (TPSA) is 9.23 Å². The van der Waals surface area contributed by atoms with Crippen molar-refractivity contribution in [3.8, 4) is 5.75 Å². The summed E-state index contributed by atoms with van der Waals surface area (Å²) in [7, 11) is 0.467. The third-order valence-corrected chi connectivity index (χ3v) is 7.32. The minimum Gasteiger partial charge on any atom is -0.490 e. The standard InChI is InChI=1S/C19H23OS/c1-2-8-15(7-1)20-18-11-12-19(21-13-5-6-14-21)17-10-4-3-9-16(17)18/h3-4,9-12,15H,1-2,5-8,13-14H2/q+1. The van der Waals surface area contributed by atoms with Crippen LogP contribution in [-0.4, -0.2) is 17.6 Å². The van der Waals surface area contributed by atoms with E-state index in [1.54, 1.807) is 4.90 Å². The normalized spacial score (nSPS) is 20.4. The minimum atomic E-state index is 0.438. The molecule has 1 saturated heterocycles. The Balaban J connectivity index is 1.73. The molecule has 1 nitrogen and oxygen atoms in total. The van der Waals surface area contributed by atoms with Gasteiger partial charge < -0.3 is 4.74 Å². The summed E-state index contributed by atoms with van der Waals surface area (Å²) in [5.41, 5.74) is 0. The Morgan fingerprint density at radius 3 is 2.29 bits per heavy atom. The van der Waals surface area contributed by atoms with E-state index in [0.29, 0.717) is 17.0 Å². The van der Waals surface area contributed by atoms with Crippen molar-refractivity contribution >= 4 is 21.7 Å². The maximum Gasteiger partial charge on any atom is 0.162 e. The van der Waals surface area contributed by atoms with Crippen LogP contribution in [0.1, 0.15) is 38.5 Å². The summed E-state index contributed by atoms with van der Waals surface area (Å²) in [5, 5.41) is 2.75. The van der Waals surface area contributed by atoms with Gasteiger partial charge in [0.1, 0.15) is 17.3 Å². The monoisotopic (exact) mass is 299 g/mol. The molecule has 0 unspecified atom stereocenters. The third-order valence-electron chi connectivity index (χ3n) is 4.78. The van der Waals surface area contributed by atoms with Crippen molar-refractivity contribution in [3.63, 3.8) is 0 Å². The fourth-order valence-electron chi connectivity index (χ4n) is 3.66. The molecule has 1 saturated carbocycles. The molecule has 0 bridgehead atoms. The van der Waals surface area contributed by atoms with Gasteiger partial charge in [-0.25, -0.2) is 0 Å². The van der Waals surface area contributed by atoms with E-state index in [0.717, 1.165) is 5.75 Å². The zero-order valence-electron chi connectivity index (χ0n) is 12.5. The first kappa shape index (κ1) is 13.5. The number of rotatable bonds is 3. The molecule has 0 N–H and O–H groups in total. The summed E-state index contributed by atoms with van der Waals surface area (Å²) in [6.07, 6.45) is 8.33. The fourth-order valence-corrected chi connectivity index (χ4v) is 6.16. The minimum absolute atomic E-state index is 0.438. The highest BCUT2D eigenvalue weighted by Gasteiger charge is 2.29. The molecule has 2 aliphatic rings. The maximum atomic E-state index is 6.31. The van der Waals surface area contributed by atoms with Gasteiger partial charge in [0.25, 0.3) is 0 Å². The molecule has 4 rings (SSSR count). The molecule has 2 aromatic carbocycles. The molecule has 1 aliphatic heterocycles. The van der Waals surface area contributed by atoms with Gasteiger partial charge in [-0.15, -0.1) is 0 Å². The lowest BCUT2D eigenvalue weighted by Gasteiger charge is -2.16. The lowest BCUT2D eigenvalue weighted by molar-refractivity contribution is 0.212. The van der Waals surface area contributed by atoms with E-state index < -0.39 is 0 Å². The Labute approximate surface area is 130 Å². The SMILES string of the molecule is c1ccc2c([S+]3CCCC3)ccc(OC3CCCC3)c2c1. The summed E-state index contributed by atoms with van der Waals surface area (Å²) in [4.78, 5) is 1.57. The lowest BCUT2D eigenvalue weighted by atomic mass is 10.1. The average molecular weight is 299 g/mol. The Morgan fingerprint density at radius 2 is 1.52 bits per heavy atom. The van der Waals surface area contributed by atoms with Crippen LogP contribution in [0.15, 0.2) is 41.3 Å². The molecule has 21 heavy (non-hydrogen) atoms. The van der Waals surface area contributed by atoms with Crippen LogP contribution in [0.25, 0.3) is 10.8 Å². The van der Waals surface area contributed by atoms with E-state index in [2.05, 4.69) is 36.4 Å². The number of fused-ring (bicyclic) bond motifs is 1. The Hall–Kier alpha value is -1.15. The average Bonchev–Trinajstić information content (AvgIpc) is 3.21. The van der Waals surface area contributed by atoms with Crippen molar-refractivity contribution in [1.82, 2.24) is 0 Å². The van der Waals surface area contributed by atoms with Gasteiger partial charge in [0, 0.05) is 21.7 Å². The molecule has 1 aliphatic carbocycles. The fraction of sp³-hybridized carbons (Fsp3) is 0.474. The molecule has 0 atom stereocenters. The number of ether oxygens (including phenoxy) is 1. The number of hydrogen-bond donors (Lipinski definition) is 0. The van der Waals surface area contributed by atoms with E-state index in [1.165, 1.54) is 60.8 Å². The van der Waals surface area contributed by atoms with Crippen molar-refractivity contribution in [2.75, 3.05) is 11.5 Å². The molecule has 0 spiro atoms. The van der Waals surface area contributed by atoms with Gasteiger partial charge in [-0.1, -0.05) is 18.2 Å².